The van der Waals surface area contributed by atoms with Crippen molar-refractivity contribution in [3.63, 3.8) is 0 Å². The number of amides is 2. The third kappa shape index (κ3) is 4.18. The Morgan fingerprint density at radius 2 is 1.72 bits per heavy atom. The third-order valence-electron chi connectivity index (χ3n) is 4.92. The van der Waals surface area contributed by atoms with Crippen molar-refractivity contribution in [2.45, 2.75) is 25.4 Å². The Balaban J connectivity index is 1.68. The minimum atomic E-state index is -0.394. The Morgan fingerprint density at radius 1 is 1.07 bits per heavy atom. The lowest BCUT2D eigenvalue weighted by Gasteiger charge is -2.18. The van der Waals surface area contributed by atoms with E-state index in [9.17, 15) is 14.4 Å². The highest BCUT2D eigenvalue weighted by Crippen LogP contribution is 2.19. The van der Waals surface area contributed by atoms with Gasteiger partial charge in [0.25, 0.3) is 11.5 Å². The largest absolute Gasteiger partial charge is 0.352 e. The molecule has 7 heteroatoms. The minimum absolute atomic E-state index is 0.0524. The molecule has 4 rings (SSSR count). The molecule has 29 heavy (non-hydrogen) atoms. The number of nitrogens with one attached hydrogen (secondary N) is 1. The highest BCUT2D eigenvalue weighted by Gasteiger charge is 2.26. The summed E-state index contributed by atoms with van der Waals surface area (Å²) in [4.78, 5) is 39.4. The van der Waals surface area contributed by atoms with Gasteiger partial charge in [-0.2, -0.15) is 5.10 Å². The van der Waals surface area contributed by atoms with Crippen LogP contribution in [0.3, 0.4) is 0 Å². The number of nitrogens with zero attached hydrogens (tertiary/aromatic N) is 3. The molecule has 0 saturated heterocycles. The van der Waals surface area contributed by atoms with Gasteiger partial charge in [0.1, 0.15) is 0 Å². The zero-order valence-electron chi connectivity index (χ0n) is 16.2. The van der Waals surface area contributed by atoms with E-state index in [-0.39, 0.29) is 36.3 Å². The summed E-state index contributed by atoms with van der Waals surface area (Å²) in [5.74, 6) is -0.584. The second-order valence-corrected chi connectivity index (χ2v) is 7.35. The molecule has 1 aliphatic rings. The summed E-state index contributed by atoms with van der Waals surface area (Å²) >= 11 is 0. The first-order valence-electron chi connectivity index (χ1n) is 9.61. The molecule has 3 aromatic rings. The Bertz CT molecular complexity index is 1120. The molecule has 0 aliphatic heterocycles. The molecule has 1 aromatic heterocycles. The number of carbonyl (C=O) groups excluding carboxylic acids is 2. The van der Waals surface area contributed by atoms with Gasteiger partial charge in [-0.3, -0.25) is 14.4 Å². The molecular formula is C22H22N4O3. The average molecular weight is 390 g/mol. The maximum absolute atomic E-state index is 13.1. The Morgan fingerprint density at radius 3 is 2.41 bits per heavy atom. The Kier molecular flexibility index (Phi) is 5.12. The normalized spacial score (nSPS) is 13.3. The molecule has 0 spiro atoms. The fourth-order valence-electron chi connectivity index (χ4n) is 3.23. The Labute approximate surface area is 167 Å². The van der Waals surface area contributed by atoms with E-state index in [0.717, 1.165) is 18.4 Å². The number of fused-ring (bicyclic) bond motifs is 1. The van der Waals surface area contributed by atoms with Crippen LogP contribution in [-0.2, 0) is 11.3 Å². The quantitative estimate of drug-likeness (QED) is 0.696. The number of hydrogen-bond donors (Lipinski definition) is 1. The van der Waals surface area contributed by atoms with Crippen LogP contribution in [0.1, 0.15) is 28.9 Å². The van der Waals surface area contributed by atoms with Crippen LogP contribution in [-0.4, -0.2) is 46.1 Å². The minimum Gasteiger partial charge on any atom is -0.352 e. The molecule has 0 bridgehead atoms. The zero-order chi connectivity index (χ0) is 20.4. The van der Waals surface area contributed by atoms with Crippen molar-refractivity contribution in [2.24, 2.45) is 0 Å². The first-order chi connectivity index (χ1) is 14.0. The molecule has 2 amide bonds. The van der Waals surface area contributed by atoms with Gasteiger partial charge in [-0.15, -0.1) is 0 Å². The van der Waals surface area contributed by atoms with Crippen molar-refractivity contribution in [3.8, 4) is 0 Å². The lowest BCUT2D eigenvalue weighted by molar-refractivity contribution is -0.121. The van der Waals surface area contributed by atoms with Crippen LogP contribution in [0.2, 0.25) is 0 Å². The van der Waals surface area contributed by atoms with Gasteiger partial charge >= 0.3 is 0 Å². The molecule has 1 heterocycles. The molecule has 148 valence electrons. The fourth-order valence-corrected chi connectivity index (χ4v) is 3.23. The number of carbonyl (C=O) groups is 2. The molecule has 7 nitrogen and oxygen atoms in total. The van der Waals surface area contributed by atoms with Gasteiger partial charge in [-0.1, -0.05) is 48.5 Å². The van der Waals surface area contributed by atoms with Crippen molar-refractivity contribution >= 4 is 22.6 Å². The first kappa shape index (κ1) is 18.9. The standard InChI is InChI=1S/C22H22N4O3/c1-25(14-19(27)23-16-11-12-16)22(29)20-17-9-5-6-10-18(17)21(28)26(24-20)13-15-7-3-2-4-8-15/h2-10,16H,11-14H2,1H3,(H,23,27). The highest BCUT2D eigenvalue weighted by molar-refractivity contribution is 6.05. The van der Waals surface area contributed by atoms with Gasteiger partial charge in [0.2, 0.25) is 5.91 Å². The van der Waals surface area contributed by atoms with Crippen LogP contribution in [0, 0.1) is 0 Å². The van der Waals surface area contributed by atoms with Crippen molar-refractivity contribution < 1.29 is 9.59 Å². The number of likely N-dealkylation sites (N-methyl/N-ethyl adjacent to an activating group) is 1. The van der Waals surface area contributed by atoms with Crippen LogP contribution >= 0.6 is 0 Å². The summed E-state index contributed by atoms with van der Waals surface area (Å²) < 4.78 is 1.31. The molecule has 1 fully saturated rings. The summed E-state index contributed by atoms with van der Waals surface area (Å²) in [5, 5.41) is 8.17. The van der Waals surface area contributed by atoms with E-state index in [1.807, 2.05) is 30.3 Å². The molecule has 1 aliphatic carbocycles. The lowest BCUT2D eigenvalue weighted by Crippen LogP contribution is -2.40. The second-order valence-electron chi connectivity index (χ2n) is 7.35. The summed E-state index contributed by atoms with van der Waals surface area (Å²) in [7, 11) is 1.57. The van der Waals surface area contributed by atoms with E-state index in [1.54, 1.807) is 31.3 Å². The summed E-state index contributed by atoms with van der Waals surface area (Å²) in [6.07, 6.45) is 1.97. The molecule has 0 unspecified atom stereocenters. The molecule has 0 atom stereocenters. The first-order valence-corrected chi connectivity index (χ1v) is 9.61. The number of aromatic nitrogens is 2. The smallest absolute Gasteiger partial charge is 0.275 e. The van der Waals surface area contributed by atoms with E-state index >= 15 is 0 Å². The second kappa shape index (κ2) is 7.87. The maximum Gasteiger partial charge on any atom is 0.275 e. The maximum atomic E-state index is 13.1. The van der Waals surface area contributed by atoms with Crippen molar-refractivity contribution in [2.75, 3.05) is 13.6 Å². The SMILES string of the molecule is CN(CC(=O)NC1CC1)C(=O)c1nn(Cc2ccccc2)c(=O)c2ccccc12. The van der Waals surface area contributed by atoms with Crippen LogP contribution < -0.4 is 10.9 Å². The summed E-state index contributed by atoms with van der Waals surface area (Å²) in [6.45, 7) is 0.208. The number of hydrogen-bond acceptors (Lipinski definition) is 4. The van der Waals surface area contributed by atoms with E-state index in [4.69, 9.17) is 0 Å². The topological polar surface area (TPSA) is 84.3 Å². The summed E-state index contributed by atoms with van der Waals surface area (Å²) in [5.41, 5.74) is 0.820. The molecule has 1 N–H and O–H groups in total. The van der Waals surface area contributed by atoms with Crippen molar-refractivity contribution in [3.05, 3.63) is 76.2 Å². The van der Waals surface area contributed by atoms with E-state index in [2.05, 4.69) is 10.4 Å². The molecule has 0 radical (unpaired) electrons. The summed E-state index contributed by atoms with van der Waals surface area (Å²) in [6, 6.07) is 16.6. The van der Waals surface area contributed by atoms with Crippen LogP contribution in [0.4, 0.5) is 0 Å². The van der Waals surface area contributed by atoms with Crippen molar-refractivity contribution in [1.82, 2.24) is 20.0 Å². The van der Waals surface area contributed by atoms with Gasteiger partial charge < -0.3 is 10.2 Å². The van der Waals surface area contributed by atoms with Gasteiger partial charge in [-0.05, 0) is 24.5 Å². The fraction of sp³-hybridized carbons (Fsp3) is 0.273. The Hall–Kier alpha value is -3.48. The lowest BCUT2D eigenvalue weighted by atomic mass is 10.1. The highest BCUT2D eigenvalue weighted by atomic mass is 16.2. The van der Waals surface area contributed by atoms with Crippen molar-refractivity contribution in [1.29, 1.82) is 0 Å². The van der Waals surface area contributed by atoms with Crippen LogP contribution in [0.5, 0.6) is 0 Å². The van der Waals surface area contributed by atoms with Crippen LogP contribution in [0.15, 0.2) is 59.4 Å². The van der Waals surface area contributed by atoms with Gasteiger partial charge in [0, 0.05) is 18.5 Å². The molecule has 1 saturated carbocycles. The predicted molar refractivity (Wildman–Crippen MR) is 110 cm³/mol. The van der Waals surface area contributed by atoms with Crippen LogP contribution in [0.25, 0.3) is 10.8 Å². The molecular weight excluding hydrogens is 368 g/mol. The average Bonchev–Trinajstić information content (AvgIpc) is 3.54. The predicted octanol–water partition coefficient (Wildman–Crippen LogP) is 1.80. The van der Waals surface area contributed by atoms with Gasteiger partial charge in [-0.25, -0.2) is 4.68 Å². The van der Waals surface area contributed by atoms with E-state index in [0.29, 0.717) is 10.8 Å². The zero-order valence-corrected chi connectivity index (χ0v) is 16.2. The molecule has 2 aromatic carbocycles. The van der Waals surface area contributed by atoms with Gasteiger partial charge in [0.05, 0.1) is 18.5 Å². The number of benzene rings is 2. The van der Waals surface area contributed by atoms with Gasteiger partial charge in [0.15, 0.2) is 5.69 Å². The number of rotatable bonds is 6. The monoisotopic (exact) mass is 390 g/mol. The third-order valence-corrected chi connectivity index (χ3v) is 4.92. The van der Waals surface area contributed by atoms with E-state index < -0.39 is 5.91 Å². The van der Waals surface area contributed by atoms with E-state index in [1.165, 1.54) is 9.58 Å².